The monoisotopic (exact) mass is 1160 g/mol. The predicted octanol–water partition coefficient (Wildman–Crippen LogP) is -7.48. The van der Waals surface area contributed by atoms with Gasteiger partial charge in [0.15, 0.2) is 11.5 Å². The maximum absolute atomic E-state index is 14.6. The van der Waals surface area contributed by atoms with Gasteiger partial charge in [0, 0.05) is 57.1 Å². The van der Waals surface area contributed by atoms with Gasteiger partial charge in [0.1, 0.15) is 36.3 Å². The van der Waals surface area contributed by atoms with Crippen molar-refractivity contribution >= 4 is 59.6 Å². The standard InChI is InChI=1S/C49H71N9O20S.Na/c1-4-5-6-7-8-9-14-75-37-13-11-27(20-51-37)43(67)53-30-17-28(60)21-52-47(71)41-42(66)24(2)22-58(41)49(73)40(34(64)19-36(50)65)56-46(70)39(33(63)15-26-10-12-32(62)35(16-26)76-79-78-77-74)55-45(69)31-18-29(61)23-57(31)48(72)38(25(3)59)54-44(30)68;/h10-13,16,20,24-25,28-31,33-34,38-42,59-64,66,74H,4-9,14-15,17-19,21-23H2,1-3H3,(H2,50,65)(H,52,71)(H,53,67)(H,54,68)(H,55,69)(H,56,70);/q;+1/p-1. The van der Waals surface area contributed by atoms with E-state index >= 15 is 0 Å². The summed E-state index contributed by atoms with van der Waals surface area (Å²) in [4.78, 5) is 118. The average molecular weight is 1160 g/mol. The van der Waals surface area contributed by atoms with Crippen LogP contribution in [0.5, 0.6) is 17.4 Å². The molecule has 29 nitrogen and oxygen atoms in total. The number of phenols is 1. The summed E-state index contributed by atoms with van der Waals surface area (Å²) in [6.07, 6.45) is -6.23. The molecule has 13 unspecified atom stereocenters. The Labute approximate surface area is 486 Å². The van der Waals surface area contributed by atoms with Gasteiger partial charge in [0.25, 0.3) is 18.2 Å². The Morgan fingerprint density at radius 3 is 2.19 bits per heavy atom. The number of aliphatic hydroxyl groups is 6. The molecule has 0 aliphatic carbocycles. The van der Waals surface area contributed by atoms with Gasteiger partial charge in [-0.05, 0) is 37.1 Å². The summed E-state index contributed by atoms with van der Waals surface area (Å²) in [5.74, 6) is -10.9. The minimum atomic E-state index is -2.21. The second kappa shape index (κ2) is 32.2. The van der Waals surface area contributed by atoms with Gasteiger partial charge in [-0.2, -0.15) is 0 Å². The molecule has 14 N–H and O–H groups in total. The summed E-state index contributed by atoms with van der Waals surface area (Å²) in [6.45, 7) is 3.37. The number of aliphatic hydroxyl groups excluding tert-OH is 6. The SMILES string of the molecule is CCCCCCCCOc1ccc(C(=O)NC2CC(O)CNC(=O)C3C(O)C(C)CN3C(=O)C(C(O)CC(N)=O)NC(=O)C(C(O)Cc3ccc(O)c(OSOO[O-])c3)NC(=O)C3CC(O)CN3C(=O)C(C(C)O)NC2=O)cn1.[Na+]. The zero-order chi connectivity index (χ0) is 58.1. The number of fused-ring (bicyclic) bond motifs is 2. The van der Waals surface area contributed by atoms with E-state index in [1.165, 1.54) is 31.3 Å². The molecule has 5 rings (SSSR count). The molecule has 80 heavy (non-hydrogen) atoms. The molecule has 3 saturated heterocycles. The Morgan fingerprint density at radius 1 is 0.850 bits per heavy atom. The number of unbranched alkanes of at least 4 members (excludes halogenated alkanes) is 5. The largest absolute Gasteiger partial charge is 1.00 e. The molecule has 1 aromatic carbocycles. The van der Waals surface area contributed by atoms with Crippen LogP contribution in [0.15, 0.2) is 36.5 Å². The number of aromatic nitrogens is 1. The number of phenolic OH excluding ortho intramolecular Hbond substituents is 1. The van der Waals surface area contributed by atoms with Crippen LogP contribution in [-0.2, 0) is 49.4 Å². The van der Waals surface area contributed by atoms with Crippen molar-refractivity contribution in [1.29, 1.82) is 0 Å². The van der Waals surface area contributed by atoms with Crippen LogP contribution in [-0.4, -0.2) is 197 Å². The number of nitrogens with one attached hydrogen (secondary N) is 5. The van der Waals surface area contributed by atoms with Gasteiger partial charge in [-0.1, -0.05) is 52.0 Å². The number of ether oxygens (including phenoxy) is 1. The van der Waals surface area contributed by atoms with E-state index in [4.69, 9.17) is 14.7 Å². The van der Waals surface area contributed by atoms with Crippen LogP contribution in [0.1, 0.15) is 94.5 Å². The third-order valence-electron chi connectivity index (χ3n) is 13.5. The number of β-amino-alcohol motifs (C(OH)–C–C–N with tert-alkyl or cyclic N) is 1. The molecule has 4 heterocycles. The van der Waals surface area contributed by atoms with E-state index in [1.54, 1.807) is 0 Å². The fraction of sp³-hybridized carbons (Fsp3) is 0.612. The van der Waals surface area contributed by atoms with E-state index in [9.17, 15) is 79.4 Å². The molecule has 8 amide bonds. The maximum Gasteiger partial charge on any atom is 1.00 e. The van der Waals surface area contributed by atoms with Crippen LogP contribution in [0.2, 0.25) is 0 Å². The van der Waals surface area contributed by atoms with Crippen LogP contribution in [0.4, 0.5) is 0 Å². The summed E-state index contributed by atoms with van der Waals surface area (Å²) in [5.41, 5.74) is 5.38. The van der Waals surface area contributed by atoms with Gasteiger partial charge in [-0.15, -0.1) is 4.33 Å². The summed E-state index contributed by atoms with van der Waals surface area (Å²) in [6, 6.07) is -5.38. The molecule has 0 bridgehead atoms. The first-order chi connectivity index (χ1) is 37.5. The second-order valence-electron chi connectivity index (χ2n) is 19.8. The summed E-state index contributed by atoms with van der Waals surface area (Å²) in [5, 5.41) is 103. The first kappa shape index (κ1) is 67.0. The fourth-order valence-electron chi connectivity index (χ4n) is 9.32. The van der Waals surface area contributed by atoms with Crippen LogP contribution in [0.25, 0.3) is 0 Å². The zero-order valence-electron chi connectivity index (χ0n) is 44.6. The van der Waals surface area contributed by atoms with E-state index < -0.39 is 177 Å². The normalized spacial score (nSPS) is 26.4. The Morgan fingerprint density at radius 2 is 1.52 bits per heavy atom. The van der Waals surface area contributed by atoms with Crippen LogP contribution in [0, 0.1) is 5.92 Å². The van der Waals surface area contributed by atoms with E-state index in [0.29, 0.717) is 6.61 Å². The minimum Gasteiger partial charge on any atom is -0.691 e. The number of hydrogen-bond acceptors (Lipinski definition) is 22. The number of carbonyl (C=O) groups is 8. The number of primary amides is 1. The third kappa shape index (κ3) is 18.8. The number of aromatic hydroxyl groups is 1. The molecule has 2 aromatic rings. The minimum absolute atomic E-state index is 0. The van der Waals surface area contributed by atoms with Gasteiger partial charge >= 0.3 is 29.6 Å². The van der Waals surface area contributed by atoms with E-state index in [0.717, 1.165) is 67.4 Å². The van der Waals surface area contributed by atoms with Gasteiger partial charge in [0.05, 0.1) is 55.2 Å². The molecule has 1 aromatic heterocycles. The number of pyridine rings is 1. The van der Waals surface area contributed by atoms with Gasteiger partial charge in [0.2, 0.25) is 47.2 Å². The molecule has 438 valence electrons. The Balaban J connectivity index is 0.0000138. The number of nitrogens with zero attached hydrogens (tertiary/aromatic N) is 3. The molecule has 0 spiro atoms. The van der Waals surface area contributed by atoms with E-state index in [-0.39, 0.29) is 64.6 Å². The van der Waals surface area contributed by atoms with Crippen LogP contribution >= 0.6 is 12.3 Å². The quantitative estimate of drug-likeness (QED) is 0.0182. The summed E-state index contributed by atoms with van der Waals surface area (Å²) >= 11 is -0.00391. The molecule has 13 atom stereocenters. The molecule has 3 aliphatic heterocycles. The Kier molecular flexibility index (Phi) is 27.0. The predicted molar refractivity (Wildman–Crippen MR) is 270 cm³/mol. The van der Waals surface area contributed by atoms with Crippen molar-refractivity contribution in [2.24, 2.45) is 11.7 Å². The molecule has 0 radical (unpaired) electrons. The number of hydrogen-bond donors (Lipinski definition) is 13. The first-order valence-corrected chi connectivity index (χ1v) is 26.4. The summed E-state index contributed by atoms with van der Waals surface area (Å²) in [7, 11) is 0. The molecule has 0 saturated carbocycles. The van der Waals surface area contributed by atoms with Crippen molar-refractivity contribution in [3.05, 3.63) is 47.7 Å². The average Bonchev–Trinajstić information content (AvgIpc) is 3.95. The third-order valence-corrected chi connectivity index (χ3v) is 13.9. The first-order valence-electron chi connectivity index (χ1n) is 25.7. The van der Waals surface area contributed by atoms with Crippen LogP contribution in [0.3, 0.4) is 0 Å². The topological polar surface area (TPSA) is 444 Å². The van der Waals surface area contributed by atoms with Gasteiger partial charge < -0.3 is 92.0 Å². The molecule has 3 fully saturated rings. The molecular weight excluding hydrogens is 1090 g/mol. The number of rotatable bonds is 21. The van der Waals surface area contributed by atoms with E-state index in [2.05, 4.69) is 47.9 Å². The summed E-state index contributed by atoms with van der Waals surface area (Å²) < 4.78 is 14.8. The smallest absolute Gasteiger partial charge is 0.691 e. The van der Waals surface area contributed by atoms with Crippen molar-refractivity contribution in [2.45, 2.75) is 158 Å². The Bertz CT molecular complexity index is 2430. The molecule has 31 heteroatoms. The van der Waals surface area contributed by atoms with Crippen molar-refractivity contribution < 1.29 is 127 Å². The van der Waals surface area contributed by atoms with Crippen molar-refractivity contribution in [3.8, 4) is 17.4 Å². The van der Waals surface area contributed by atoms with E-state index in [1.807, 2.05) is 0 Å². The van der Waals surface area contributed by atoms with Crippen LogP contribution < -0.4 is 76.1 Å². The maximum atomic E-state index is 14.6. The second-order valence-corrected chi connectivity index (χ2v) is 20.2. The zero-order valence-corrected chi connectivity index (χ0v) is 47.5. The van der Waals surface area contributed by atoms with Crippen molar-refractivity contribution in [1.82, 2.24) is 41.4 Å². The molecular formula is C49H70N9NaO20S. The van der Waals surface area contributed by atoms with Gasteiger partial charge in [-0.25, -0.2) is 4.98 Å². The fourth-order valence-corrected chi connectivity index (χ4v) is 9.57. The molecule has 3 aliphatic rings. The van der Waals surface area contributed by atoms with Crippen molar-refractivity contribution in [3.63, 3.8) is 0 Å². The number of carbonyl (C=O) groups excluding carboxylic acids is 8. The number of benzene rings is 1. The van der Waals surface area contributed by atoms with Gasteiger partial charge in [-0.3, -0.25) is 43.4 Å². The van der Waals surface area contributed by atoms with Crippen molar-refractivity contribution in [2.75, 3.05) is 26.2 Å². The Hall–Kier alpha value is -5.48. The number of amides is 8. The number of nitrogens with two attached hydrogens (primary N) is 1.